The van der Waals surface area contributed by atoms with Gasteiger partial charge in [-0.1, -0.05) is 12.1 Å². The molecule has 7 heteroatoms. The number of halogens is 1. The van der Waals surface area contributed by atoms with Crippen LogP contribution in [-0.4, -0.2) is 62.8 Å². The van der Waals surface area contributed by atoms with Gasteiger partial charge in [0.1, 0.15) is 11.9 Å². The molecule has 2 heterocycles. The van der Waals surface area contributed by atoms with E-state index in [2.05, 4.69) is 28.4 Å². The fourth-order valence-electron chi connectivity index (χ4n) is 4.60. The number of nitriles is 1. The lowest BCUT2D eigenvalue weighted by atomic mass is 9.90. The number of hydrogen-bond acceptors (Lipinski definition) is 6. The van der Waals surface area contributed by atoms with Crippen molar-refractivity contribution in [3.05, 3.63) is 53.3 Å². The molecule has 0 radical (unpaired) electrons. The fourth-order valence-corrected chi connectivity index (χ4v) is 4.60. The summed E-state index contributed by atoms with van der Waals surface area (Å²) in [6.07, 6.45) is 2.10. The van der Waals surface area contributed by atoms with Crippen molar-refractivity contribution in [2.45, 2.75) is 37.9 Å². The average Bonchev–Trinajstić information content (AvgIpc) is 2.84. The smallest absolute Gasteiger partial charge is 0.141 e. The Balaban J connectivity index is 1.62. The van der Waals surface area contributed by atoms with Crippen LogP contribution in [0.2, 0.25) is 0 Å². The van der Waals surface area contributed by atoms with Crippen LogP contribution in [-0.2, 0) is 15.9 Å². The monoisotopic (exact) mass is 453 g/mol. The molecule has 1 unspecified atom stereocenters. The summed E-state index contributed by atoms with van der Waals surface area (Å²) in [4.78, 5) is 2.24. The predicted molar refractivity (Wildman–Crippen MR) is 126 cm³/mol. The van der Waals surface area contributed by atoms with Crippen molar-refractivity contribution < 1.29 is 19.0 Å². The number of aliphatic hydroxyl groups is 1. The number of morpholine rings is 1. The lowest BCUT2D eigenvalue weighted by molar-refractivity contribution is -0.0580. The van der Waals surface area contributed by atoms with E-state index in [1.807, 2.05) is 13.0 Å². The predicted octanol–water partition coefficient (Wildman–Crippen LogP) is 3.26. The van der Waals surface area contributed by atoms with E-state index in [0.29, 0.717) is 45.8 Å². The standard InChI is InChI=1S/C26H32FN3O3/c1-2-32-18-26(31)7-10-30(11-8-26)25-6-3-19(13-22-17-29-9-12-33-22)14-23(25)20-4-5-21(16-28)24(27)15-20/h3-6,14-15,22,29,31H,2,7-13,17-18H2,1H3. The lowest BCUT2D eigenvalue weighted by Gasteiger charge is -2.40. The zero-order valence-corrected chi connectivity index (χ0v) is 19.1. The summed E-state index contributed by atoms with van der Waals surface area (Å²) < 4.78 is 25.8. The summed E-state index contributed by atoms with van der Waals surface area (Å²) in [5.74, 6) is -0.518. The molecule has 2 aliphatic rings. The van der Waals surface area contributed by atoms with E-state index < -0.39 is 11.4 Å². The molecule has 2 fully saturated rings. The van der Waals surface area contributed by atoms with Crippen LogP contribution in [0.15, 0.2) is 36.4 Å². The van der Waals surface area contributed by atoms with Crippen molar-refractivity contribution in [3.8, 4) is 17.2 Å². The highest BCUT2D eigenvalue weighted by Crippen LogP contribution is 2.36. The molecule has 2 aromatic carbocycles. The summed E-state index contributed by atoms with van der Waals surface area (Å²) in [5.41, 5.74) is 3.02. The Morgan fingerprint density at radius 2 is 2.09 bits per heavy atom. The van der Waals surface area contributed by atoms with Gasteiger partial charge in [0.05, 0.1) is 30.5 Å². The van der Waals surface area contributed by atoms with Gasteiger partial charge in [0.2, 0.25) is 0 Å². The van der Waals surface area contributed by atoms with Crippen LogP contribution < -0.4 is 10.2 Å². The molecule has 2 N–H and O–H groups in total. The third-order valence-electron chi connectivity index (χ3n) is 6.54. The van der Waals surface area contributed by atoms with Gasteiger partial charge in [-0.2, -0.15) is 5.26 Å². The van der Waals surface area contributed by atoms with Gasteiger partial charge in [0, 0.05) is 44.0 Å². The molecule has 33 heavy (non-hydrogen) atoms. The largest absolute Gasteiger partial charge is 0.387 e. The first kappa shape index (κ1) is 23.7. The van der Waals surface area contributed by atoms with Gasteiger partial charge in [-0.05, 0) is 61.6 Å². The van der Waals surface area contributed by atoms with Gasteiger partial charge >= 0.3 is 0 Å². The number of nitrogens with one attached hydrogen (secondary N) is 1. The molecule has 6 nitrogen and oxygen atoms in total. The Morgan fingerprint density at radius 3 is 2.76 bits per heavy atom. The van der Waals surface area contributed by atoms with E-state index in [9.17, 15) is 9.50 Å². The highest BCUT2D eigenvalue weighted by Gasteiger charge is 2.33. The summed E-state index contributed by atoms with van der Waals surface area (Å²) in [6.45, 7) is 6.62. The van der Waals surface area contributed by atoms with E-state index in [1.54, 1.807) is 6.07 Å². The summed E-state index contributed by atoms with van der Waals surface area (Å²) in [5, 5.41) is 23.3. The van der Waals surface area contributed by atoms with Crippen LogP contribution in [0.5, 0.6) is 0 Å². The fraction of sp³-hybridized carbons (Fsp3) is 0.500. The first-order valence-corrected chi connectivity index (χ1v) is 11.7. The van der Waals surface area contributed by atoms with Crippen molar-refractivity contribution in [2.24, 2.45) is 0 Å². The van der Waals surface area contributed by atoms with Crippen molar-refractivity contribution in [3.63, 3.8) is 0 Å². The molecular formula is C26H32FN3O3. The number of hydrogen-bond donors (Lipinski definition) is 2. The molecule has 0 saturated carbocycles. The Hall–Kier alpha value is -2.50. The van der Waals surface area contributed by atoms with Gasteiger partial charge < -0.3 is 24.8 Å². The normalized spacial score (nSPS) is 20.4. The topological polar surface area (TPSA) is 77.8 Å². The average molecular weight is 454 g/mol. The van der Waals surface area contributed by atoms with E-state index >= 15 is 0 Å². The minimum atomic E-state index is -0.807. The van der Waals surface area contributed by atoms with E-state index in [4.69, 9.17) is 14.7 Å². The van der Waals surface area contributed by atoms with Crippen LogP contribution in [0.4, 0.5) is 10.1 Å². The number of anilines is 1. The van der Waals surface area contributed by atoms with Crippen LogP contribution in [0, 0.1) is 17.1 Å². The zero-order valence-electron chi connectivity index (χ0n) is 19.1. The minimum absolute atomic E-state index is 0.0390. The number of ether oxygens (including phenoxy) is 2. The first-order chi connectivity index (χ1) is 16.0. The SMILES string of the molecule is CCOCC1(O)CCN(c2ccc(CC3CNCCO3)cc2-c2ccc(C#N)c(F)c2)CC1. The van der Waals surface area contributed by atoms with Crippen molar-refractivity contribution in [2.75, 3.05) is 50.9 Å². The van der Waals surface area contributed by atoms with E-state index in [1.165, 1.54) is 12.1 Å². The molecule has 0 spiro atoms. The molecule has 2 aromatic rings. The highest BCUT2D eigenvalue weighted by molar-refractivity contribution is 5.80. The van der Waals surface area contributed by atoms with Gasteiger partial charge in [0.15, 0.2) is 0 Å². The minimum Gasteiger partial charge on any atom is -0.387 e. The maximum absolute atomic E-state index is 14.5. The molecule has 0 amide bonds. The van der Waals surface area contributed by atoms with Gasteiger partial charge in [-0.3, -0.25) is 0 Å². The molecule has 2 aliphatic heterocycles. The molecule has 2 saturated heterocycles. The molecule has 1 atom stereocenters. The Labute approximate surface area is 194 Å². The molecule has 0 bridgehead atoms. The van der Waals surface area contributed by atoms with Crippen LogP contribution in [0.1, 0.15) is 30.9 Å². The number of piperidine rings is 1. The van der Waals surface area contributed by atoms with Gasteiger partial charge in [-0.25, -0.2) is 4.39 Å². The molecule has 0 aromatic heterocycles. The summed E-state index contributed by atoms with van der Waals surface area (Å²) in [6, 6.07) is 13.0. The molecule has 0 aliphatic carbocycles. The first-order valence-electron chi connectivity index (χ1n) is 11.7. The maximum Gasteiger partial charge on any atom is 0.141 e. The Kier molecular flexibility index (Phi) is 7.61. The summed E-state index contributed by atoms with van der Waals surface area (Å²) >= 11 is 0. The van der Waals surface area contributed by atoms with Crippen LogP contribution >= 0.6 is 0 Å². The quantitative estimate of drug-likeness (QED) is 0.670. The summed E-state index contributed by atoms with van der Waals surface area (Å²) in [7, 11) is 0. The number of nitrogens with zero attached hydrogens (tertiary/aromatic N) is 2. The number of rotatable bonds is 7. The number of benzene rings is 2. The van der Waals surface area contributed by atoms with E-state index in [0.717, 1.165) is 41.9 Å². The molecular weight excluding hydrogens is 421 g/mol. The van der Waals surface area contributed by atoms with E-state index in [-0.39, 0.29) is 11.7 Å². The second kappa shape index (κ2) is 10.6. The third kappa shape index (κ3) is 5.71. The Bertz CT molecular complexity index is 993. The maximum atomic E-state index is 14.5. The van der Waals surface area contributed by atoms with Crippen LogP contribution in [0.3, 0.4) is 0 Å². The molecule has 176 valence electrons. The molecule has 4 rings (SSSR count). The van der Waals surface area contributed by atoms with Crippen LogP contribution in [0.25, 0.3) is 11.1 Å². The second-order valence-corrected chi connectivity index (χ2v) is 8.91. The van der Waals surface area contributed by atoms with Gasteiger partial charge in [-0.15, -0.1) is 0 Å². The van der Waals surface area contributed by atoms with Crippen molar-refractivity contribution in [1.82, 2.24) is 5.32 Å². The highest BCUT2D eigenvalue weighted by atomic mass is 19.1. The lowest BCUT2D eigenvalue weighted by Crippen LogP contribution is -2.47. The Morgan fingerprint density at radius 1 is 1.27 bits per heavy atom. The second-order valence-electron chi connectivity index (χ2n) is 8.91. The van der Waals surface area contributed by atoms with Crippen molar-refractivity contribution >= 4 is 5.69 Å². The van der Waals surface area contributed by atoms with Gasteiger partial charge in [0.25, 0.3) is 0 Å². The van der Waals surface area contributed by atoms with Crippen molar-refractivity contribution in [1.29, 1.82) is 5.26 Å². The third-order valence-corrected chi connectivity index (χ3v) is 6.54. The zero-order chi connectivity index (χ0) is 23.3.